The van der Waals surface area contributed by atoms with Crippen molar-refractivity contribution in [3.8, 4) is 0 Å². The number of aliphatic hydroxyl groups excluding tert-OH is 1. The van der Waals surface area contributed by atoms with Crippen LogP contribution in [0.1, 0.15) is 37.0 Å². The lowest BCUT2D eigenvalue weighted by atomic mass is 9.98. The number of benzene rings is 2. The monoisotopic (exact) mass is 427 g/mol. The van der Waals surface area contributed by atoms with Gasteiger partial charge in [0.1, 0.15) is 5.82 Å². The van der Waals surface area contributed by atoms with Crippen LogP contribution >= 0.6 is 22.6 Å². The summed E-state index contributed by atoms with van der Waals surface area (Å²) in [5.41, 5.74) is 1.11. The Kier molecular flexibility index (Phi) is 6.12. The van der Waals surface area contributed by atoms with E-state index in [2.05, 4.69) is 5.32 Å². The third-order valence-corrected chi connectivity index (χ3v) is 4.75. The molecule has 1 amide bonds. The number of carbonyl (C=O) groups is 1. The average Bonchev–Trinajstić information content (AvgIpc) is 2.54. The van der Waals surface area contributed by atoms with Gasteiger partial charge in [-0.1, -0.05) is 36.4 Å². The average molecular weight is 427 g/mol. The minimum absolute atomic E-state index is 0.310. The van der Waals surface area contributed by atoms with Gasteiger partial charge < -0.3 is 10.4 Å². The minimum Gasteiger partial charge on any atom is -0.386 e. The van der Waals surface area contributed by atoms with Crippen molar-refractivity contribution in [2.75, 3.05) is 0 Å². The second-order valence-corrected chi connectivity index (χ2v) is 6.67. The molecule has 0 aliphatic rings. The van der Waals surface area contributed by atoms with E-state index in [9.17, 15) is 14.3 Å². The topological polar surface area (TPSA) is 49.3 Å². The lowest BCUT2D eigenvalue weighted by Gasteiger charge is -2.23. The molecule has 2 N–H and O–H groups in total. The van der Waals surface area contributed by atoms with E-state index in [1.54, 1.807) is 38.1 Å². The Morgan fingerprint density at radius 2 is 1.78 bits per heavy atom. The molecule has 23 heavy (non-hydrogen) atoms. The summed E-state index contributed by atoms with van der Waals surface area (Å²) in [6.07, 6.45) is -0.813. The first-order chi connectivity index (χ1) is 10.9. The van der Waals surface area contributed by atoms with Gasteiger partial charge in [-0.05, 0) is 54.1 Å². The summed E-state index contributed by atoms with van der Waals surface area (Å²) < 4.78 is 14.7. The Balaban J connectivity index is 2.09. The zero-order valence-electron chi connectivity index (χ0n) is 13.0. The van der Waals surface area contributed by atoms with Gasteiger partial charge in [-0.2, -0.15) is 0 Å². The molecular weight excluding hydrogens is 408 g/mol. The van der Waals surface area contributed by atoms with Gasteiger partial charge >= 0.3 is 0 Å². The maximum Gasteiger partial charge on any atom is 0.227 e. The van der Waals surface area contributed by atoms with Crippen molar-refractivity contribution < 1.29 is 14.3 Å². The first-order valence-corrected chi connectivity index (χ1v) is 8.47. The van der Waals surface area contributed by atoms with Crippen LogP contribution in [0.5, 0.6) is 0 Å². The molecular formula is C18H19FINO2. The number of amides is 1. The Labute approximate surface area is 149 Å². The van der Waals surface area contributed by atoms with Gasteiger partial charge in [0.2, 0.25) is 5.91 Å². The number of carbonyl (C=O) groups excluding carboxylic acids is 1. The quantitative estimate of drug-likeness (QED) is 0.714. The second-order valence-electron chi connectivity index (χ2n) is 5.51. The van der Waals surface area contributed by atoms with E-state index in [1.807, 2.05) is 40.8 Å². The van der Waals surface area contributed by atoms with Gasteiger partial charge in [0.05, 0.1) is 18.1 Å². The number of hydrogen-bond donors (Lipinski definition) is 2. The third kappa shape index (κ3) is 4.29. The van der Waals surface area contributed by atoms with E-state index in [0.29, 0.717) is 9.13 Å². The normalized spacial score (nSPS) is 14.8. The number of halogens is 2. The summed E-state index contributed by atoms with van der Waals surface area (Å²) in [4.78, 5) is 12.4. The highest BCUT2D eigenvalue weighted by Gasteiger charge is 2.25. The lowest BCUT2D eigenvalue weighted by molar-refractivity contribution is -0.123. The van der Waals surface area contributed by atoms with Crippen LogP contribution in [0.3, 0.4) is 0 Å². The Morgan fingerprint density at radius 3 is 2.39 bits per heavy atom. The van der Waals surface area contributed by atoms with E-state index in [0.717, 1.165) is 5.56 Å². The molecule has 0 spiro atoms. The van der Waals surface area contributed by atoms with Gasteiger partial charge in [-0.3, -0.25) is 4.79 Å². The fourth-order valence-corrected chi connectivity index (χ4v) is 3.36. The SMILES string of the molecule is CC(C(=O)NC(C)C(O)c1ccccc1)c1c(F)cccc1I. The largest absolute Gasteiger partial charge is 0.386 e. The van der Waals surface area contributed by atoms with Gasteiger partial charge in [0.25, 0.3) is 0 Å². The highest BCUT2D eigenvalue weighted by atomic mass is 127. The predicted octanol–water partition coefficient (Wildman–Crippen LogP) is 3.77. The molecule has 0 saturated carbocycles. The molecule has 3 unspecified atom stereocenters. The van der Waals surface area contributed by atoms with Crippen molar-refractivity contribution in [2.45, 2.75) is 31.9 Å². The standard InChI is InChI=1S/C18H19FINO2/c1-11(16-14(19)9-6-10-15(16)20)18(23)21-12(2)17(22)13-7-4-3-5-8-13/h3-12,17,22H,1-2H3,(H,21,23). The maximum absolute atomic E-state index is 14.0. The molecule has 2 rings (SSSR count). The zero-order chi connectivity index (χ0) is 17.0. The molecule has 0 bridgehead atoms. The molecule has 0 aliphatic carbocycles. The summed E-state index contributed by atoms with van der Waals surface area (Å²) in [5.74, 6) is -1.33. The van der Waals surface area contributed by atoms with E-state index in [1.165, 1.54) is 6.07 Å². The molecule has 3 nitrogen and oxygen atoms in total. The molecule has 0 saturated heterocycles. The summed E-state index contributed by atoms with van der Waals surface area (Å²) in [5, 5.41) is 13.1. The summed E-state index contributed by atoms with van der Waals surface area (Å²) in [6.45, 7) is 3.39. The van der Waals surface area contributed by atoms with Crippen LogP contribution in [0.2, 0.25) is 0 Å². The fraction of sp³-hybridized carbons (Fsp3) is 0.278. The fourth-order valence-electron chi connectivity index (χ4n) is 2.42. The van der Waals surface area contributed by atoms with Crippen LogP contribution in [0, 0.1) is 9.39 Å². The van der Waals surface area contributed by atoms with E-state index in [4.69, 9.17) is 0 Å². The Bertz CT molecular complexity index is 658. The molecule has 0 aliphatic heterocycles. The second kappa shape index (κ2) is 7.88. The van der Waals surface area contributed by atoms with Gasteiger partial charge in [0, 0.05) is 9.13 Å². The van der Waals surface area contributed by atoms with Crippen LogP contribution in [-0.4, -0.2) is 17.1 Å². The van der Waals surface area contributed by atoms with Crippen molar-refractivity contribution in [3.05, 3.63) is 69.0 Å². The molecule has 122 valence electrons. The molecule has 0 radical (unpaired) electrons. The van der Waals surface area contributed by atoms with Crippen molar-refractivity contribution >= 4 is 28.5 Å². The van der Waals surface area contributed by atoms with Gasteiger partial charge in [-0.15, -0.1) is 0 Å². The van der Waals surface area contributed by atoms with Gasteiger partial charge in [0.15, 0.2) is 0 Å². The molecule has 2 aromatic rings. The smallest absolute Gasteiger partial charge is 0.227 e. The van der Waals surface area contributed by atoms with Gasteiger partial charge in [-0.25, -0.2) is 4.39 Å². The van der Waals surface area contributed by atoms with Crippen LogP contribution in [-0.2, 0) is 4.79 Å². The minimum atomic E-state index is -0.813. The Morgan fingerprint density at radius 1 is 1.13 bits per heavy atom. The Hall–Kier alpha value is -1.47. The highest BCUT2D eigenvalue weighted by molar-refractivity contribution is 14.1. The molecule has 0 fully saturated rings. The summed E-state index contributed by atoms with van der Waals surface area (Å²) in [7, 11) is 0. The molecule has 3 atom stereocenters. The van der Waals surface area contributed by atoms with E-state index in [-0.39, 0.29) is 5.91 Å². The highest BCUT2D eigenvalue weighted by Crippen LogP contribution is 2.25. The van der Waals surface area contributed by atoms with Crippen LogP contribution < -0.4 is 5.32 Å². The molecule has 0 heterocycles. The lowest BCUT2D eigenvalue weighted by Crippen LogP contribution is -2.39. The maximum atomic E-state index is 14.0. The number of rotatable bonds is 5. The van der Waals surface area contributed by atoms with Crippen molar-refractivity contribution in [1.82, 2.24) is 5.32 Å². The van der Waals surface area contributed by atoms with Crippen molar-refractivity contribution in [1.29, 1.82) is 0 Å². The van der Waals surface area contributed by atoms with Crippen LogP contribution in [0.25, 0.3) is 0 Å². The summed E-state index contributed by atoms with van der Waals surface area (Å²) in [6, 6.07) is 13.4. The van der Waals surface area contributed by atoms with E-state index >= 15 is 0 Å². The third-order valence-electron chi connectivity index (χ3n) is 3.81. The number of hydrogen-bond acceptors (Lipinski definition) is 2. The number of nitrogens with one attached hydrogen (secondary N) is 1. The molecule has 2 aromatic carbocycles. The molecule has 5 heteroatoms. The summed E-state index contributed by atoms with van der Waals surface area (Å²) >= 11 is 2.02. The van der Waals surface area contributed by atoms with Crippen molar-refractivity contribution in [3.63, 3.8) is 0 Å². The van der Waals surface area contributed by atoms with Crippen molar-refractivity contribution in [2.24, 2.45) is 0 Å². The number of aliphatic hydroxyl groups is 1. The van der Waals surface area contributed by atoms with Crippen LogP contribution in [0.15, 0.2) is 48.5 Å². The van der Waals surface area contributed by atoms with Crippen LogP contribution in [0.4, 0.5) is 4.39 Å². The van der Waals surface area contributed by atoms with E-state index < -0.39 is 23.9 Å². The zero-order valence-corrected chi connectivity index (χ0v) is 15.1. The first kappa shape index (κ1) is 17.9. The first-order valence-electron chi connectivity index (χ1n) is 7.39. The molecule has 0 aromatic heterocycles. The predicted molar refractivity (Wildman–Crippen MR) is 96.5 cm³/mol.